The van der Waals surface area contributed by atoms with Crippen molar-refractivity contribution in [2.24, 2.45) is 0 Å². The van der Waals surface area contributed by atoms with E-state index in [1.165, 1.54) is 6.20 Å². The number of halogens is 1. The van der Waals surface area contributed by atoms with Gasteiger partial charge in [0.15, 0.2) is 0 Å². The third-order valence-corrected chi connectivity index (χ3v) is 5.56. The third kappa shape index (κ3) is 3.33. The van der Waals surface area contributed by atoms with Crippen LogP contribution in [0.1, 0.15) is 30.1 Å². The normalized spacial score (nSPS) is 14.7. The molecule has 1 saturated heterocycles. The Morgan fingerprint density at radius 1 is 1.07 bits per heavy atom. The van der Waals surface area contributed by atoms with Gasteiger partial charge in [-0.05, 0) is 31.0 Å². The summed E-state index contributed by atoms with van der Waals surface area (Å²) in [6.07, 6.45) is 10.5. The van der Waals surface area contributed by atoms with E-state index >= 15 is 0 Å². The molecule has 1 aliphatic heterocycles. The van der Waals surface area contributed by atoms with Crippen LogP contribution in [0.15, 0.2) is 49.2 Å². The van der Waals surface area contributed by atoms with Crippen molar-refractivity contribution in [3.05, 3.63) is 65.7 Å². The lowest BCUT2D eigenvalue weighted by atomic mass is 9.96. The SMILES string of the molecule is N#Cc1cnn2cc(Cl)nc(-c3ccc(N4CCC(c5ncccn5)CC4)nc3)c12. The summed E-state index contributed by atoms with van der Waals surface area (Å²) in [5.74, 6) is 2.22. The minimum atomic E-state index is 0.305. The maximum Gasteiger partial charge on any atom is 0.148 e. The zero-order chi connectivity index (χ0) is 20.5. The van der Waals surface area contributed by atoms with Crippen molar-refractivity contribution in [2.45, 2.75) is 18.8 Å². The fourth-order valence-corrected chi connectivity index (χ4v) is 4.05. The van der Waals surface area contributed by atoms with Gasteiger partial charge in [-0.3, -0.25) is 0 Å². The smallest absolute Gasteiger partial charge is 0.148 e. The van der Waals surface area contributed by atoms with E-state index in [4.69, 9.17) is 11.6 Å². The molecule has 0 N–H and O–H groups in total. The van der Waals surface area contributed by atoms with E-state index < -0.39 is 0 Å². The highest BCUT2D eigenvalue weighted by atomic mass is 35.5. The first-order chi connectivity index (χ1) is 14.7. The van der Waals surface area contributed by atoms with Gasteiger partial charge >= 0.3 is 0 Å². The highest BCUT2D eigenvalue weighted by molar-refractivity contribution is 6.29. The molecule has 4 aromatic rings. The summed E-state index contributed by atoms with van der Waals surface area (Å²) >= 11 is 6.15. The van der Waals surface area contributed by atoms with E-state index in [0.29, 0.717) is 27.8 Å². The zero-order valence-corrected chi connectivity index (χ0v) is 16.7. The highest BCUT2D eigenvalue weighted by Crippen LogP contribution is 2.30. The molecule has 1 aliphatic rings. The number of rotatable bonds is 3. The number of fused-ring (bicyclic) bond motifs is 1. The van der Waals surface area contributed by atoms with Crippen LogP contribution in [0.25, 0.3) is 16.8 Å². The van der Waals surface area contributed by atoms with Gasteiger partial charge in [0.1, 0.15) is 39.6 Å². The number of hydrogen-bond acceptors (Lipinski definition) is 7. The minimum Gasteiger partial charge on any atom is -0.357 e. The van der Waals surface area contributed by atoms with E-state index in [1.807, 2.05) is 18.2 Å². The minimum absolute atomic E-state index is 0.305. The maximum atomic E-state index is 9.39. The summed E-state index contributed by atoms with van der Waals surface area (Å²) < 4.78 is 1.58. The molecule has 0 spiro atoms. The molecular formula is C21H17ClN8. The van der Waals surface area contributed by atoms with Crippen LogP contribution in [-0.2, 0) is 0 Å². The first-order valence-corrected chi connectivity index (χ1v) is 10.0. The molecule has 5 heterocycles. The Kier molecular flexibility index (Phi) is 4.73. The number of pyridine rings is 1. The third-order valence-electron chi connectivity index (χ3n) is 5.38. The van der Waals surface area contributed by atoms with Crippen molar-refractivity contribution < 1.29 is 0 Å². The standard InChI is InChI=1S/C21H17ClN8/c22-17-13-30-20(16(10-23)12-27-30)19(28-17)15-2-3-18(26-11-15)29-8-4-14(5-9-29)21-24-6-1-7-25-21/h1-3,6-7,11-14H,4-5,8-9H2. The lowest BCUT2D eigenvalue weighted by molar-refractivity contribution is 0.483. The highest BCUT2D eigenvalue weighted by Gasteiger charge is 2.23. The molecule has 0 radical (unpaired) electrons. The van der Waals surface area contributed by atoms with Crippen molar-refractivity contribution in [1.29, 1.82) is 5.26 Å². The van der Waals surface area contributed by atoms with Crippen molar-refractivity contribution in [3.63, 3.8) is 0 Å². The molecule has 0 unspecified atom stereocenters. The fraction of sp³-hybridized carbons (Fsp3) is 0.238. The molecule has 0 aromatic carbocycles. The summed E-state index contributed by atoms with van der Waals surface area (Å²) in [4.78, 5) is 20.1. The molecule has 30 heavy (non-hydrogen) atoms. The quantitative estimate of drug-likeness (QED) is 0.504. The topological polar surface area (TPSA) is 95.9 Å². The Morgan fingerprint density at radius 2 is 1.87 bits per heavy atom. The Morgan fingerprint density at radius 3 is 2.57 bits per heavy atom. The van der Waals surface area contributed by atoms with Gasteiger partial charge in [-0.15, -0.1) is 0 Å². The summed E-state index contributed by atoms with van der Waals surface area (Å²) in [7, 11) is 0. The first-order valence-electron chi connectivity index (χ1n) is 9.65. The van der Waals surface area contributed by atoms with Crippen LogP contribution < -0.4 is 4.90 Å². The van der Waals surface area contributed by atoms with Gasteiger partial charge in [0.05, 0.1) is 12.4 Å². The first kappa shape index (κ1) is 18.5. The molecule has 5 rings (SSSR count). The van der Waals surface area contributed by atoms with E-state index in [0.717, 1.165) is 43.1 Å². The summed E-state index contributed by atoms with van der Waals surface area (Å²) in [5.41, 5.74) is 2.45. The molecule has 0 atom stereocenters. The molecule has 0 bridgehead atoms. The Bertz CT molecular complexity index is 1220. The molecule has 9 heteroatoms. The van der Waals surface area contributed by atoms with E-state index in [-0.39, 0.29) is 0 Å². The van der Waals surface area contributed by atoms with Crippen LogP contribution in [0.3, 0.4) is 0 Å². The van der Waals surface area contributed by atoms with Gasteiger partial charge in [-0.1, -0.05) is 11.6 Å². The monoisotopic (exact) mass is 416 g/mol. The Hall–Kier alpha value is -3.57. The number of nitriles is 1. The Labute approximate surface area is 177 Å². The summed E-state index contributed by atoms with van der Waals surface area (Å²) in [6, 6.07) is 7.94. The van der Waals surface area contributed by atoms with Gasteiger partial charge in [-0.2, -0.15) is 10.4 Å². The van der Waals surface area contributed by atoms with Gasteiger partial charge in [-0.25, -0.2) is 24.5 Å². The average Bonchev–Trinajstić information content (AvgIpc) is 3.22. The summed E-state index contributed by atoms with van der Waals surface area (Å²) in [5, 5.41) is 13.9. The van der Waals surface area contributed by atoms with E-state index in [1.54, 1.807) is 29.3 Å². The largest absolute Gasteiger partial charge is 0.357 e. The van der Waals surface area contributed by atoms with Gasteiger partial charge in [0.25, 0.3) is 0 Å². The van der Waals surface area contributed by atoms with E-state index in [2.05, 4.69) is 36.0 Å². The van der Waals surface area contributed by atoms with Crippen LogP contribution in [0.5, 0.6) is 0 Å². The van der Waals surface area contributed by atoms with Crippen LogP contribution >= 0.6 is 11.6 Å². The van der Waals surface area contributed by atoms with Crippen molar-refractivity contribution in [2.75, 3.05) is 18.0 Å². The second kappa shape index (κ2) is 7.69. The molecule has 1 fully saturated rings. The second-order valence-electron chi connectivity index (χ2n) is 7.15. The predicted octanol–water partition coefficient (Wildman–Crippen LogP) is 3.49. The molecule has 148 valence electrons. The summed E-state index contributed by atoms with van der Waals surface area (Å²) in [6.45, 7) is 1.80. The number of nitrogens with zero attached hydrogens (tertiary/aromatic N) is 8. The number of aromatic nitrogens is 6. The Balaban J connectivity index is 1.38. The van der Waals surface area contributed by atoms with Crippen LogP contribution in [0.2, 0.25) is 5.15 Å². The van der Waals surface area contributed by atoms with Gasteiger partial charge in [0, 0.05) is 43.2 Å². The number of piperidine rings is 1. The van der Waals surface area contributed by atoms with Crippen molar-refractivity contribution in [3.8, 4) is 17.3 Å². The maximum absolute atomic E-state index is 9.39. The lowest BCUT2D eigenvalue weighted by Gasteiger charge is -2.32. The predicted molar refractivity (Wildman–Crippen MR) is 112 cm³/mol. The zero-order valence-electron chi connectivity index (χ0n) is 16.0. The molecular weight excluding hydrogens is 400 g/mol. The van der Waals surface area contributed by atoms with Gasteiger partial charge < -0.3 is 4.90 Å². The molecule has 0 aliphatic carbocycles. The average molecular weight is 417 g/mol. The second-order valence-corrected chi connectivity index (χ2v) is 7.54. The molecule has 8 nitrogen and oxygen atoms in total. The number of hydrogen-bond donors (Lipinski definition) is 0. The van der Waals surface area contributed by atoms with Crippen molar-refractivity contribution in [1.82, 2.24) is 29.5 Å². The van der Waals surface area contributed by atoms with Crippen LogP contribution in [-0.4, -0.2) is 42.6 Å². The molecule has 0 amide bonds. The molecule has 0 saturated carbocycles. The fourth-order valence-electron chi connectivity index (χ4n) is 3.87. The van der Waals surface area contributed by atoms with Crippen LogP contribution in [0, 0.1) is 11.3 Å². The van der Waals surface area contributed by atoms with Crippen molar-refractivity contribution >= 4 is 22.9 Å². The van der Waals surface area contributed by atoms with Gasteiger partial charge in [0.2, 0.25) is 0 Å². The number of anilines is 1. The molecule has 4 aromatic heterocycles. The lowest BCUT2D eigenvalue weighted by Crippen LogP contribution is -2.33. The van der Waals surface area contributed by atoms with E-state index in [9.17, 15) is 5.26 Å². The van der Waals surface area contributed by atoms with Crippen LogP contribution in [0.4, 0.5) is 5.82 Å².